The van der Waals surface area contributed by atoms with Gasteiger partial charge in [-0.3, -0.25) is 9.59 Å². The predicted octanol–water partition coefficient (Wildman–Crippen LogP) is 3.56. The number of carboxylic acids is 1. The lowest BCUT2D eigenvalue weighted by atomic mass is 9.92. The molecule has 1 heterocycles. The first-order chi connectivity index (χ1) is 12.5. The van der Waals surface area contributed by atoms with E-state index in [4.69, 9.17) is 4.74 Å². The van der Waals surface area contributed by atoms with Crippen LogP contribution in [0.2, 0.25) is 0 Å². The Bertz CT molecular complexity index is 868. The van der Waals surface area contributed by atoms with Crippen LogP contribution in [0, 0.1) is 6.92 Å². The van der Waals surface area contributed by atoms with E-state index in [-0.39, 0.29) is 18.9 Å². The standard InChI is InChI=1S/C21H21NO4/c1-3-26-17-9-7-15(8-10-17)11-16-12-22(13-19(23)24)20-14(2)5-4-6-18(20)21(16)25/h4-11H,3,12-13H2,1-2H3,(H,23,24)/b16-11+. The summed E-state index contributed by atoms with van der Waals surface area (Å²) >= 11 is 0. The number of carboxylic acid groups (broad SMARTS) is 1. The molecule has 2 aromatic rings. The zero-order valence-corrected chi connectivity index (χ0v) is 14.9. The first-order valence-electron chi connectivity index (χ1n) is 8.54. The maximum atomic E-state index is 12.9. The van der Waals surface area contributed by atoms with Crippen LogP contribution in [-0.4, -0.2) is 36.6 Å². The highest BCUT2D eigenvalue weighted by atomic mass is 16.5. The van der Waals surface area contributed by atoms with Gasteiger partial charge in [-0.2, -0.15) is 0 Å². The molecular weight excluding hydrogens is 330 g/mol. The van der Waals surface area contributed by atoms with E-state index in [0.29, 0.717) is 23.4 Å². The van der Waals surface area contributed by atoms with Gasteiger partial charge in [-0.15, -0.1) is 0 Å². The highest BCUT2D eigenvalue weighted by Gasteiger charge is 2.29. The number of benzene rings is 2. The van der Waals surface area contributed by atoms with Crippen LogP contribution in [0.5, 0.6) is 5.75 Å². The zero-order chi connectivity index (χ0) is 18.7. The van der Waals surface area contributed by atoms with Gasteiger partial charge >= 0.3 is 5.97 Å². The number of ether oxygens (including phenoxy) is 1. The summed E-state index contributed by atoms with van der Waals surface area (Å²) in [6.07, 6.45) is 1.82. The lowest BCUT2D eigenvalue weighted by Crippen LogP contribution is -2.38. The molecule has 0 aromatic heterocycles. The van der Waals surface area contributed by atoms with Crippen molar-refractivity contribution in [2.45, 2.75) is 13.8 Å². The van der Waals surface area contributed by atoms with Crippen LogP contribution >= 0.6 is 0 Å². The Balaban J connectivity index is 1.98. The molecule has 5 heteroatoms. The van der Waals surface area contributed by atoms with Crippen molar-refractivity contribution in [3.63, 3.8) is 0 Å². The van der Waals surface area contributed by atoms with E-state index in [9.17, 15) is 14.7 Å². The van der Waals surface area contributed by atoms with E-state index < -0.39 is 5.97 Å². The molecule has 0 spiro atoms. The smallest absolute Gasteiger partial charge is 0.323 e. The number of hydrogen-bond donors (Lipinski definition) is 1. The second kappa shape index (κ2) is 7.44. The molecule has 2 aromatic carbocycles. The number of ketones is 1. The van der Waals surface area contributed by atoms with Gasteiger partial charge in [0.1, 0.15) is 12.3 Å². The monoisotopic (exact) mass is 351 g/mol. The Morgan fingerprint density at radius 2 is 1.96 bits per heavy atom. The number of carbonyl (C=O) groups excluding carboxylic acids is 1. The van der Waals surface area contributed by atoms with E-state index in [1.165, 1.54) is 0 Å². The quantitative estimate of drug-likeness (QED) is 0.834. The third-order valence-electron chi connectivity index (χ3n) is 4.31. The van der Waals surface area contributed by atoms with Gasteiger partial charge in [-0.05, 0) is 49.2 Å². The molecular formula is C21H21NO4. The minimum atomic E-state index is -0.922. The third-order valence-corrected chi connectivity index (χ3v) is 4.31. The number of para-hydroxylation sites is 1. The number of hydrogen-bond acceptors (Lipinski definition) is 4. The van der Waals surface area contributed by atoms with E-state index in [0.717, 1.165) is 16.9 Å². The number of nitrogens with zero attached hydrogens (tertiary/aromatic N) is 1. The van der Waals surface area contributed by atoms with Crippen LogP contribution in [0.1, 0.15) is 28.4 Å². The Labute approximate surface area is 152 Å². The maximum absolute atomic E-state index is 12.9. The average molecular weight is 351 g/mol. The number of Topliss-reactive ketones (excluding diaryl/α,β-unsaturated/α-hetero) is 1. The molecule has 1 aliphatic heterocycles. The molecule has 134 valence electrons. The van der Waals surface area contributed by atoms with Crippen molar-refractivity contribution in [2.24, 2.45) is 0 Å². The van der Waals surface area contributed by atoms with Crippen molar-refractivity contribution in [1.29, 1.82) is 0 Å². The summed E-state index contributed by atoms with van der Waals surface area (Å²) in [7, 11) is 0. The Kier molecular flexibility index (Phi) is 5.07. The molecule has 26 heavy (non-hydrogen) atoms. The van der Waals surface area contributed by atoms with Gasteiger partial charge in [0, 0.05) is 17.7 Å². The highest BCUT2D eigenvalue weighted by Crippen LogP contribution is 2.33. The molecule has 0 saturated heterocycles. The Hall–Kier alpha value is -3.08. The molecule has 0 saturated carbocycles. The number of anilines is 1. The minimum Gasteiger partial charge on any atom is -0.494 e. The van der Waals surface area contributed by atoms with Gasteiger partial charge in [0.15, 0.2) is 5.78 Å². The molecule has 0 aliphatic carbocycles. The van der Waals surface area contributed by atoms with Crippen molar-refractivity contribution in [3.05, 3.63) is 64.7 Å². The van der Waals surface area contributed by atoms with Crippen LogP contribution in [0.25, 0.3) is 6.08 Å². The molecule has 3 rings (SSSR count). The van der Waals surface area contributed by atoms with Gasteiger partial charge in [0.25, 0.3) is 0 Å². The van der Waals surface area contributed by atoms with Crippen LogP contribution in [-0.2, 0) is 4.79 Å². The minimum absolute atomic E-state index is 0.0563. The second-order valence-corrected chi connectivity index (χ2v) is 6.22. The first-order valence-corrected chi connectivity index (χ1v) is 8.54. The van der Waals surface area contributed by atoms with Crippen molar-refractivity contribution in [3.8, 4) is 5.75 Å². The van der Waals surface area contributed by atoms with Gasteiger partial charge in [0.2, 0.25) is 0 Å². The molecule has 0 atom stereocenters. The summed E-state index contributed by atoms with van der Waals surface area (Å²) in [4.78, 5) is 25.9. The summed E-state index contributed by atoms with van der Waals surface area (Å²) < 4.78 is 5.43. The molecule has 0 amide bonds. The fourth-order valence-corrected chi connectivity index (χ4v) is 3.23. The predicted molar refractivity (Wildman–Crippen MR) is 101 cm³/mol. The summed E-state index contributed by atoms with van der Waals surface area (Å²) in [5.41, 5.74) is 3.62. The number of carbonyl (C=O) groups is 2. The van der Waals surface area contributed by atoms with E-state index in [1.807, 2.05) is 56.3 Å². The number of rotatable bonds is 5. The molecule has 1 N–H and O–H groups in total. The Morgan fingerprint density at radius 1 is 1.23 bits per heavy atom. The third kappa shape index (κ3) is 3.61. The molecule has 0 fully saturated rings. The van der Waals surface area contributed by atoms with Crippen molar-refractivity contribution in [1.82, 2.24) is 0 Å². The lowest BCUT2D eigenvalue weighted by Gasteiger charge is -2.32. The van der Waals surface area contributed by atoms with Crippen molar-refractivity contribution < 1.29 is 19.4 Å². The van der Waals surface area contributed by atoms with Crippen LogP contribution in [0.3, 0.4) is 0 Å². The Morgan fingerprint density at radius 3 is 2.62 bits per heavy atom. The summed E-state index contributed by atoms with van der Waals surface area (Å²) in [5, 5.41) is 9.25. The highest BCUT2D eigenvalue weighted by molar-refractivity contribution is 6.17. The van der Waals surface area contributed by atoms with Crippen LogP contribution in [0.4, 0.5) is 5.69 Å². The number of fused-ring (bicyclic) bond motifs is 1. The maximum Gasteiger partial charge on any atom is 0.323 e. The summed E-state index contributed by atoms with van der Waals surface area (Å²) in [5.74, 6) is -0.203. The van der Waals surface area contributed by atoms with Crippen molar-refractivity contribution >= 4 is 23.5 Å². The van der Waals surface area contributed by atoms with Gasteiger partial charge in [-0.1, -0.05) is 24.3 Å². The fourth-order valence-electron chi connectivity index (χ4n) is 3.23. The van der Waals surface area contributed by atoms with E-state index in [1.54, 1.807) is 11.0 Å². The topological polar surface area (TPSA) is 66.8 Å². The normalized spacial score (nSPS) is 15.1. The van der Waals surface area contributed by atoms with E-state index in [2.05, 4.69) is 0 Å². The van der Waals surface area contributed by atoms with Crippen molar-refractivity contribution in [2.75, 3.05) is 24.6 Å². The molecule has 1 aliphatic rings. The molecule has 0 bridgehead atoms. The van der Waals surface area contributed by atoms with Crippen LogP contribution in [0.15, 0.2) is 48.0 Å². The largest absolute Gasteiger partial charge is 0.494 e. The zero-order valence-electron chi connectivity index (χ0n) is 14.9. The van der Waals surface area contributed by atoms with Gasteiger partial charge in [0.05, 0.1) is 12.3 Å². The number of aliphatic carboxylic acids is 1. The lowest BCUT2D eigenvalue weighted by molar-refractivity contribution is -0.135. The van der Waals surface area contributed by atoms with Gasteiger partial charge < -0.3 is 14.7 Å². The average Bonchev–Trinajstić information content (AvgIpc) is 2.60. The number of aryl methyl sites for hydroxylation is 1. The van der Waals surface area contributed by atoms with Gasteiger partial charge in [-0.25, -0.2) is 0 Å². The SMILES string of the molecule is CCOc1ccc(/C=C2\CN(CC(=O)O)c3c(C)cccc3C2=O)cc1. The summed E-state index contributed by atoms with van der Waals surface area (Å²) in [6.45, 7) is 4.54. The fraction of sp³-hybridized carbons (Fsp3) is 0.238. The molecule has 5 nitrogen and oxygen atoms in total. The molecule has 0 unspecified atom stereocenters. The van der Waals surface area contributed by atoms with E-state index >= 15 is 0 Å². The summed E-state index contributed by atoms with van der Waals surface area (Å²) in [6, 6.07) is 13.0. The second-order valence-electron chi connectivity index (χ2n) is 6.22. The van der Waals surface area contributed by atoms with Crippen LogP contribution < -0.4 is 9.64 Å². The first kappa shape index (κ1) is 17.7. The molecule has 0 radical (unpaired) electrons.